The number of rotatable bonds is 9. The summed E-state index contributed by atoms with van der Waals surface area (Å²) in [6, 6.07) is 3.94. The molecule has 0 aromatic carbocycles. The van der Waals surface area contributed by atoms with Gasteiger partial charge in [-0.1, -0.05) is 0 Å². The van der Waals surface area contributed by atoms with Gasteiger partial charge >= 0.3 is 0 Å². The number of hydrogen-bond acceptors (Lipinski definition) is 8. The Morgan fingerprint density at radius 1 is 1.24 bits per heavy atom. The van der Waals surface area contributed by atoms with Crippen molar-refractivity contribution in [3.05, 3.63) is 23.7 Å². The largest absolute Gasteiger partial charge is 0.462 e. The Balaban J connectivity index is 1.64. The van der Waals surface area contributed by atoms with Gasteiger partial charge in [0.2, 0.25) is 0 Å². The van der Waals surface area contributed by atoms with E-state index in [-0.39, 0.29) is 0 Å². The Bertz CT molecular complexity index is 540. The van der Waals surface area contributed by atoms with Crippen molar-refractivity contribution in [2.75, 3.05) is 44.9 Å². The van der Waals surface area contributed by atoms with Crippen LogP contribution in [0.1, 0.15) is 11.5 Å². The number of nitrogens with zero attached hydrogens (tertiary/aromatic N) is 3. The summed E-state index contributed by atoms with van der Waals surface area (Å²) >= 11 is 1.17. The molecule has 0 aliphatic heterocycles. The predicted octanol–water partition coefficient (Wildman–Crippen LogP) is 1.86. The predicted molar refractivity (Wildman–Crippen MR) is 83.7 cm³/mol. The summed E-state index contributed by atoms with van der Waals surface area (Å²) in [5.74, 6) is 3.32. The van der Waals surface area contributed by atoms with Crippen molar-refractivity contribution in [1.82, 2.24) is 13.6 Å². The van der Waals surface area contributed by atoms with Crippen LogP contribution in [0.4, 0.5) is 11.6 Å². The fourth-order valence-corrected chi connectivity index (χ4v) is 2.31. The molecule has 2 heterocycles. The van der Waals surface area contributed by atoms with Crippen LogP contribution in [-0.4, -0.2) is 47.9 Å². The van der Waals surface area contributed by atoms with Crippen LogP contribution in [0.15, 0.2) is 16.5 Å². The first-order valence-corrected chi connectivity index (χ1v) is 7.46. The number of nitrogens with one attached hydrogen (secondary N) is 2. The van der Waals surface area contributed by atoms with Gasteiger partial charge in [0.1, 0.15) is 18.1 Å². The first-order chi connectivity index (χ1) is 10.2. The third-order valence-electron chi connectivity index (χ3n) is 2.70. The van der Waals surface area contributed by atoms with Crippen molar-refractivity contribution in [2.24, 2.45) is 0 Å². The molecule has 0 fully saturated rings. The molecule has 0 aliphatic carbocycles. The zero-order valence-corrected chi connectivity index (χ0v) is 13.4. The zero-order valence-electron chi connectivity index (χ0n) is 12.5. The standard InChI is InChI=1S/C13H21N5O2S/c1-14-12-13(17-21-16-12)15-6-7-19-9-11-5-4-10(20-11)8-18(2)3/h4-5H,6-9H2,1-3H3,(H,14,16)(H,15,17). The number of hydrogen-bond donors (Lipinski definition) is 2. The molecule has 0 saturated carbocycles. The van der Waals surface area contributed by atoms with Crippen molar-refractivity contribution < 1.29 is 9.15 Å². The molecular formula is C13H21N5O2S. The Kier molecular flexibility index (Phi) is 5.97. The summed E-state index contributed by atoms with van der Waals surface area (Å²) in [4.78, 5) is 2.06. The first kappa shape index (κ1) is 15.7. The van der Waals surface area contributed by atoms with Gasteiger partial charge in [-0.3, -0.25) is 0 Å². The second-order valence-electron chi connectivity index (χ2n) is 4.80. The summed E-state index contributed by atoms with van der Waals surface area (Å²) in [5.41, 5.74) is 0. The molecule has 0 atom stereocenters. The number of aromatic nitrogens is 2. The Morgan fingerprint density at radius 3 is 2.76 bits per heavy atom. The van der Waals surface area contributed by atoms with Crippen molar-refractivity contribution in [3.63, 3.8) is 0 Å². The van der Waals surface area contributed by atoms with Crippen molar-refractivity contribution in [1.29, 1.82) is 0 Å². The van der Waals surface area contributed by atoms with E-state index in [0.29, 0.717) is 19.8 Å². The fraction of sp³-hybridized carbons (Fsp3) is 0.538. The summed E-state index contributed by atoms with van der Waals surface area (Å²) in [5, 5.41) is 6.15. The minimum atomic E-state index is 0.476. The third kappa shape index (κ3) is 5.00. The lowest BCUT2D eigenvalue weighted by atomic mass is 10.4. The highest BCUT2D eigenvalue weighted by molar-refractivity contribution is 6.99. The van der Waals surface area contributed by atoms with Gasteiger partial charge in [-0.05, 0) is 26.2 Å². The highest BCUT2D eigenvalue weighted by Gasteiger charge is 2.05. The van der Waals surface area contributed by atoms with Gasteiger partial charge in [-0.25, -0.2) is 0 Å². The molecule has 116 valence electrons. The lowest BCUT2D eigenvalue weighted by Crippen LogP contribution is -2.10. The molecule has 2 aromatic rings. The van der Waals surface area contributed by atoms with Crippen molar-refractivity contribution >= 4 is 23.4 Å². The second-order valence-corrected chi connectivity index (χ2v) is 5.33. The smallest absolute Gasteiger partial charge is 0.184 e. The monoisotopic (exact) mass is 311 g/mol. The molecular weight excluding hydrogens is 290 g/mol. The van der Waals surface area contributed by atoms with Crippen LogP contribution in [0, 0.1) is 0 Å². The molecule has 0 spiro atoms. The SMILES string of the molecule is CNc1nsnc1NCCOCc1ccc(CN(C)C)o1. The normalized spacial score (nSPS) is 11.0. The summed E-state index contributed by atoms with van der Waals surface area (Å²) < 4.78 is 19.5. The minimum absolute atomic E-state index is 0.476. The van der Waals surface area contributed by atoms with E-state index < -0.39 is 0 Å². The quantitative estimate of drug-likeness (QED) is 0.685. The van der Waals surface area contributed by atoms with Crippen LogP contribution >= 0.6 is 11.7 Å². The van der Waals surface area contributed by atoms with Gasteiger partial charge in [0, 0.05) is 13.6 Å². The van der Waals surface area contributed by atoms with Crippen LogP contribution < -0.4 is 10.6 Å². The first-order valence-electron chi connectivity index (χ1n) is 6.73. The molecule has 0 aliphatic rings. The molecule has 0 saturated heterocycles. The number of anilines is 2. The Morgan fingerprint density at radius 2 is 2.00 bits per heavy atom. The van der Waals surface area contributed by atoms with Gasteiger partial charge < -0.3 is 24.7 Å². The number of furan rings is 1. The van der Waals surface area contributed by atoms with Crippen LogP contribution in [-0.2, 0) is 17.9 Å². The van der Waals surface area contributed by atoms with Gasteiger partial charge in [0.05, 0.1) is 24.9 Å². The molecule has 2 rings (SSSR count). The van der Waals surface area contributed by atoms with Crippen LogP contribution in [0.3, 0.4) is 0 Å². The summed E-state index contributed by atoms with van der Waals surface area (Å²) in [6.45, 7) is 2.52. The topological polar surface area (TPSA) is 75.5 Å². The molecule has 7 nitrogen and oxygen atoms in total. The van der Waals surface area contributed by atoms with E-state index in [0.717, 1.165) is 29.7 Å². The summed E-state index contributed by atoms with van der Waals surface area (Å²) in [7, 11) is 5.84. The third-order valence-corrected chi connectivity index (χ3v) is 3.23. The number of ether oxygens (including phenoxy) is 1. The van der Waals surface area contributed by atoms with Gasteiger partial charge in [0.25, 0.3) is 0 Å². The average molecular weight is 311 g/mol. The van der Waals surface area contributed by atoms with E-state index in [9.17, 15) is 0 Å². The Labute approximate surface area is 128 Å². The Hall–Kier alpha value is -1.64. The van der Waals surface area contributed by atoms with Crippen LogP contribution in [0.2, 0.25) is 0 Å². The maximum atomic E-state index is 5.67. The lowest BCUT2D eigenvalue weighted by molar-refractivity contribution is 0.113. The molecule has 0 radical (unpaired) electrons. The lowest BCUT2D eigenvalue weighted by Gasteiger charge is -2.06. The van der Waals surface area contributed by atoms with E-state index >= 15 is 0 Å². The van der Waals surface area contributed by atoms with Crippen molar-refractivity contribution in [2.45, 2.75) is 13.2 Å². The summed E-state index contributed by atoms with van der Waals surface area (Å²) in [6.07, 6.45) is 0. The van der Waals surface area contributed by atoms with E-state index in [2.05, 4.69) is 24.3 Å². The second kappa shape index (κ2) is 7.96. The molecule has 0 amide bonds. The molecule has 2 aromatic heterocycles. The van der Waals surface area contributed by atoms with Crippen LogP contribution in [0.25, 0.3) is 0 Å². The molecule has 0 bridgehead atoms. The van der Waals surface area contributed by atoms with E-state index in [1.807, 2.05) is 33.3 Å². The fourth-order valence-electron chi connectivity index (χ4n) is 1.78. The molecule has 8 heteroatoms. The average Bonchev–Trinajstić information content (AvgIpc) is 3.07. The highest BCUT2D eigenvalue weighted by atomic mass is 32.1. The molecule has 0 unspecified atom stereocenters. The maximum absolute atomic E-state index is 5.67. The zero-order chi connectivity index (χ0) is 15.1. The van der Waals surface area contributed by atoms with Crippen molar-refractivity contribution in [3.8, 4) is 0 Å². The van der Waals surface area contributed by atoms with Crippen LogP contribution in [0.5, 0.6) is 0 Å². The van der Waals surface area contributed by atoms with E-state index in [4.69, 9.17) is 9.15 Å². The van der Waals surface area contributed by atoms with Gasteiger partial charge in [-0.15, -0.1) is 0 Å². The van der Waals surface area contributed by atoms with Gasteiger partial charge in [0.15, 0.2) is 11.6 Å². The van der Waals surface area contributed by atoms with E-state index in [1.165, 1.54) is 11.7 Å². The van der Waals surface area contributed by atoms with Gasteiger partial charge in [-0.2, -0.15) is 8.75 Å². The molecule has 2 N–H and O–H groups in total. The maximum Gasteiger partial charge on any atom is 0.184 e. The minimum Gasteiger partial charge on any atom is -0.462 e. The van der Waals surface area contributed by atoms with E-state index in [1.54, 1.807) is 0 Å². The molecule has 21 heavy (non-hydrogen) atoms. The highest BCUT2D eigenvalue weighted by Crippen LogP contribution is 2.16.